The first-order valence-electron chi connectivity index (χ1n) is 8.56. The second-order valence-corrected chi connectivity index (χ2v) is 5.95. The Morgan fingerprint density at radius 1 is 1.29 bits per heavy atom. The molecule has 5 nitrogen and oxygen atoms in total. The van der Waals surface area contributed by atoms with E-state index in [2.05, 4.69) is 24.1 Å². The highest BCUT2D eigenvalue weighted by Crippen LogP contribution is 2.29. The molecule has 0 aromatic carbocycles. The quantitative estimate of drug-likeness (QED) is 0.682. The highest BCUT2D eigenvalue weighted by molar-refractivity contribution is 5.95. The lowest BCUT2D eigenvalue weighted by Gasteiger charge is -2.15. The van der Waals surface area contributed by atoms with Crippen molar-refractivity contribution in [1.29, 1.82) is 0 Å². The van der Waals surface area contributed by atoms with Gasteiger partial charge in [-0.1, -0.05) is 32.8 Å². The predicted octanol–water partition coefficient (Wildman–Crippen LogP) is 4.75. The molecular weight excluding hydrogens is 302 g/mol. The molecule has 1 N–H and O–H groups in total. The summed E-state index contributed by atoms with van der Waals surface area (Å²) in [5, 5.41) is 3.08. The van der Waals surface area contributed by atoms with Crippen molar-refractivity contribution in [1.82, 2.24) is 9.38 Å². The van der Waals surface area contributed by atoms with Gasteiger partial charge in [-0.05, 0) is 37.1 Å². The van der Waals surface area contributed by atoms with Crippen molar-refractivity contribution in [3.63, 3.8) is 0 Å². The Morgan fingerprint density at radius 2 is 2.17 bits per heavy atom. The molecule has 0 saturated heterocycles. The first kappa shape index (κ1) is 16.3. The zero-order valence-corrected chi connectivity index (χ0v) is 14.2. The van der Waals surface area contributed by atoms with Crippen LogP contribution < -0.4 is 5.32 Å². The number of nitrogens with one attached hydrogen (secondary N) is 1. The number of amides is 1. The molecule has 3 rings (SSSR count). The second kappa shape index (κ2) is 7.34. The van der Waals surface area contributed by atoms with Crippen LogP contribution in [0.1, 0.15) is 39.5 Å². The number of rotatable bonds is 7. The molecule has 24 heavy (non-hydrogen) atoms. The maximum atomic E-state index is 12.7. The number of nitrogens with zero attached hydrogens (tertiary/aromatic N) is 2. The molecule has 0 radical (unpaired) electrons. The Bertz CT molecular complexity index is 805. The normalized spacial score (nSPS) is 12.4. The molecule has 0 aliphatic carbocycles. The standard InChI is InChI=1S/C19H23N3O2/c1-3-5-9-14(4-2)19(23)21-18-17(15-10-8-13-24-15)20-16-11-6-7-12-22(16)18/h6-8,10-14H,3-5,9H2,1-2H3,(H,21,23)/t14-/m1/s1. The number of carbonyl (C=O) groups excluding carboxylic acids is 1. The number of carbonyl (C=O) groups is 1. The van der Waals surface area contributed by atoms with E-state index in [0.29, 0.717) is 17.3 Å². The number of furan rings is 1. The van der Waals surface area contributed by atoms with Crippen LogP contribution in [-0.2, 0) is 4.79 Å². The van der Waals surface area contributed by atoms with E-state index in [1.165, 1.54) is 0 Å². The lowest BCUT2D eigenvalue weighted by molar-refractivity contribution is -0.120. The SMILES string of the molecule is CCCC[C@@H](CC)C(=O)Nc1c(-c2ccco2)nc2ccccn12. The van der Waals surface area contributed by atoms with Crippen LogP contribution in [-0.4, -0.2) is 15.3 Å². The van der Waals surface area contributed by atoms with Crippen LogP contribution in [0.15, 0.2) is 47.2 Å². The fourth-order valence-electron chi connectivity index (χ4n) is 2.89. The van der Waals surface area contributed by atoms with E-state index in [4.69, 9.17) is 4.42 Å². The fraction of sp³-hybridized carbons (Fsp3) is 0.368. The molecule has 0 bridgehead atoms. The minimum Gasteiger partial charge on any atom is -0.463 e. The Kier molecular flexibility index (Phi) is 4.99. The monoisotopic (exact) mass is 325 g/mol. The van der Waals surface area contributed by atoms with Gasteiger partial charge in [0, 0.05) is 12.1 Å². The highest BCUT2D eigenvalue weighted by Gasteiger charge is 2.22. The van der Waals surface area contributed by atoms with E-state index >= 15 is 0 Å². The van der Waals surface area contributed by atoms with E-state index in [1.54, 1.807) is 6.26 Å². The van der Waals surface area contributed by atoms with Gasteiger partial charge in [0.05, 0.1) is 6.26 Å². The number of hydrogen-bond donors (Lipinski definition) is 1. The average Bonchev–Trinajstić information content (AvgIpc) is 3.24. The summed E-state index contributed by atoms with van der Waals surface area (Å²) < 4.78 is 7.39. The summed E-state index contributed by atoms with van der Waals surface area (Å²) in [4.78, 5) is 17.3. The van der Waals surface area contributed by atoms with Crippen molar-refractivity contribution < 1.29 is 9.21 Å². The molecule has 0 aliphatic heterocycles. The van der Waals surface area contributed by atoms with E-state index in [0.717, 1.165) is 31.3 Å². The van der Waals surface area contributed by atoms with Gasteiger partial charge in [0.25, 0.3) is 0 Å². The lowest BCUT2D eigenvalue weighted by atomic mass is 9.98. The largest absolute Gasteiger partial charge is 0.463 e. The van der Waals surface area contributed by atoms with Crippen LogP contribution in [0.4, 0.5) is 5.82 Å². The van der Waals surface area contributed by atoms with E-state index in [-0.39, 0.29) is 11.8 Å². The maximum absolute atomic E-state index is 12.7. The fourth-order valence-corrected chi connectivity index (χ4v) is 2.89. The summed E-state index contributed by atoms with van der Waals surface area (Å²) in [6, 6.07) is 9.43. The summed E-state index contributed by atoms with van der Waals surface area (Å²) in [6.45, 7) is 4.20. The first-order chi connectivity index (χ1) is 11.7. The Balaban J connectivity index is 1.95. The lowest BCUT2D eigenvalue weighted by Crippen LogP contribution is -2.23. The molecule has 0 saturated carbocycles. The molecule has 5 heteroatoms. The highest BCUT2D eigenvalue weighted by atomic mass is 16.3. The van der Waals surface area contributed by atoms with Gasteiger partial charge in [0.2, 0.25) is 5.91 Å². The van der Waals surface area contributed by atoms with Crippen LogP contribution in [0.25, 0.3) is 17.1 Å². The van der Waals surface area contributed by atoms with Gasteiger partial charge in [-0.25, -0.2) is 4.98 Å². The summed E-state index contributed by atoms with van der Waals surface area (Å²) in [6.07, 6.45) is 7.41. The van der Waals surface area contributed by atoms with Gasteiger partial charge in [0.1, 0.15) is 17.2 Å². The van der Waals surface area contributed by atoms with Gasteiger partial charge in [-0.3, -0.25) is 9.20 Å². The van der Waals surface area contributed by atoms with Gasteiger partial charge < -0.3 is 9.73 Å². The number of hydrogen-bond acceptors (Lipinski definition) is 3. The number of fused-ring (bicyclic) bond motifs is 1. The molecule has 0 aliphatic rings. The Morgan fingerprint density at radius 3 is 2.88 bits per heavy atom. The van der Waals surface area contributed by atoms with E-state index < -0.39 is 0 Å². The minimum atomic E-state index is 0.0173. The summed E-state index contributed by atoms with van der Waals surface area (Å²) in [7, 11) is 0. The molecule has 3 aromatic rings. The van der Waals surface area contributed by atoms with E-state index in [1.807, 2.05) is 40.9 Å². The second-order valence-electron chi connectivity index (χ2n) is 5.95. The van der Waals surface area contributed by atoms with Crippen molar-refractivity contribution in [2.45, 2.75) is 39.5 Å². The summed E-state index contributed by atoms with van der Waals surface area (Å²) in [5.74, 6) is 1.38. The number of imidazole rings is 1. The van der Waals surface area contributed by atoms with Crippen LogP contribution in [0, 0.1) is 5.92 Å². The zero-order chi connectivity index (χ0) is 16.9. The molecular formula is C19H23N3O2. The molecule has 0 unspecified atom stereocenters. The average molecular weight is 325 g/mol. The predicted molar refractivity (Wildman–Crippen MR) is 94.8 cm³/mol. The van der Waals surface area contributed by atoms with Crippen molar-refractivity contribution in [3.8, 4) is 11.5 Å². The van der Waals surface area contributed by atoms with E-state index in [9.17, 15) is 4.79 Å². The van der Waals surface area contributed by atoms with Crippen molar-refractivity contribution in [3.05, 3.63) is 42.8 Å². The van der Waals surface area contributed by atoms with Gasteiger partial charge >= 0.3 is 0 Å². The number of unbranched alkanes of at least 4 members (excludes halogenated alkanes) is 1. The smallest absolute Gasteiger partial charge is 0.228 e. The third-order valence-corrected chi connectivity index (χ3v) is 4.30. The Hall–Kier alpha value is -2.56. The molecule has 3 aromatic heterocycles. The van der Waals surface area contributed by atoms with Crippen LogP contribution in [0.5, 0.6) is 0 Å². The van der Waals surface area contributed by atoms with Crippen molar-refractivity contribution >= 4 is 17.4 Å². The Labute approximate surface area is 141 Å². The van der Waals surface area contributed by atoms with Gasteiger partial charge in [-0.2, -0.15) is 0 Å². The molecule has 0 spiro atoms. The third-order valence-electron chi connectivity index (χ3n) is 4.30. The zero-order valence-electron chi connectivity index (χ0n) is 14.2. The topological polar surface area (TPSA) is 59.5 Å². The number of anilines is 1. The molecule has 126 valence electrons. The van der Waals surface area contributed by atoms with Crippen LogP contribution in [0.2, 0.25) is 0 Å². The van der Waals surface area contributed by atoms with Gasteiger partial charge in [-0.15, -0.1) is 0 Å². The minimum absolute atomic E-state index is 0.0173. The molecule has 0 fully saturated rings. The molecule has 1 amide bonds. The first-order valence-corrected chi connectivity index (χ1v) is 8.56. The van der Waals surface area contributed by atoms with Crippen LogP contribution in [0.3, 0.4) is 0 Å². The third kappa shape index (κ3) is 3.20. The summed E-state index contributed by atoms with van der Waals surface area (Å²) in [5.41, 5.74) is 1.44. The number of pyridine rings is 1. The van der Waals surface area contributed by atoms with Gasteiger partial charge in [0.15, 0.2) is 5.76 Å². The molecule has 1 atom stereocenters. The van der Waals surface area contributed by atoms with Crippen molar-refractivity contribution in [2.24, 2.45) is 5.92 Å². The maximum Gasteiger partial charge on any atom is 0.228 e. The van der Waals surface area contributed by atoms with Crippen molar-refractivity contribution in [2.75, 3.05) is 5.32 Å². The molecule has 3 heterocycles. The van der Waals surface area contributed by atoms with Crippen LogP contribution >= 0.6 is 0 Å². The number of aromatic nitrogens is 2. The summed E-state index contributed by atoms with van der Waals surface area (Å²) >= 11 is 0.